The zero-order chi connectivity index (χ0) is 18.7. The van der Waals surface area contributed by atoms with Gasteiger partial charge in [0, 0.05) is 15.3 Å². The Hall–Kier alpha value is -2.55. The SMILES string of the molecule is CCc1sc(C(N)=O)c(-c2ccc(-c3ccccc3SC)cc2)c1C#N. The van der Waals surface area contributed by atoms with Crippen molar-refractivity contribution in [2.45, 2.75) is 18.2 Å². The molecule has 0 saturated heterocycles. The number of thiophene rings is 1. The standard InChI is InChI=1S/C21H18N2OS2/c1-3-17-16(12-22)19(20(26-17)21(23)24)14-10-8-13(9-11-14)15-6-4-5-7-18(15)25-2/h4-11H,3H2,1-2H3,(H2,23,24). The van der Waals surface area contributed by atoms with Gasteiger partial charge in [-0.1, -0.05) is 49.4 Å². The predicted octanol–water partition coefficient (Wildman–Crippen LogP) is 5.34. The van der Waals surface area contributed by atoms with Crippen LogP contribution in [-0.4, -0.2) is 12.2 Å². The number of nitriles is 1. The van der Waals surface area contributed by atoms with Gasteiger partial charge in [-0.05, 0) is 35.4 Å². The molecule has 130 valence electrons. The van der Waals surface area contributed by atoms with E-state index in [1.54, 1.807) is 11.8 Å². The number of primary amides is 1. The van der Waals surface area contributed by atoms with E-state index in [0.717, 1.165) is 16.0 Å². The summed E-state index contributed by atoms with van der Waals surface area (Å²) in [5, 5.41) is 9.59. The van der Waals surface area contributed by atoms with Crippen molar-refractivity contribution < 1.29 is 4.79 Å². The molecule has 5 heteroatoms. The topological polar surface area (TPSA) is 66.9 Å². The Morgan fingerprint density at radius 3 is 2.38 bits per heavy atom. The number of hydrogen-bond acceptors (Lipinski definition) is 4. The molecule has 2 N–H and O–H groups in total. The summed E-state index contributed by atoms with van der Waals surface area (Å²) in [7, 11) is 0. The van der Waals surface area contributed by atoms with Gasteiger partial charge in [0.05, 0.1) is 5.56 Å². The zero-order valence-corrected chi connectivity index (χ0v) is 16.2. The Bertz CT molecular complexity index is 998. The highest BCUT2D eigenvalue weighted by Crippen LogP contribution is 2.38. The number of thioether (sulfide) groups is 1. The van der Waals surface area contributed by atoms with Crippen molar-refractivity contribution in [1.29, 1.82) is 5.26 Å². The maximum absolute atomic E-state index is 11.9. The van der Waals surface area contributed by atoms with Crippen LogP contribution < -0.4 is 5.73 Å². The first-order chi connectivity index (χ1) is 12.6. The Morgan fingerprint density at radius 1 is 1.15 bits per heavy atom. The second kappa shape index (κ2) is 7.77. The lowest BCUT2D eigenvalue weighted by molar-refractivity contribution is 0.100. The summed E-state index contributed by atoms with van der Waals surface area (Å²) < 4.78 is 0. The first kappa shape index (κ1) is 18.2. The molecular weight excluding hydrogens is 360 g/mol. The number of amides is 1. The van der Waals surface area contributed by atoms with Gasteiger partial charge < -0.3 is 5.73 Å². The maximum atomic E-state index is 11.9. The second-order valence-electron chi connectivity index (χ2n) is 5.71. The van der Waals surface area contributed by atoms with Gasteiger partial charge in [-0.3, -0.25) is 4.79 Å². The lowest BCUT2D eigenvalue weighted by Gasteiger charge is -2.09. The lowest BCUT2D eigenvalue weighted by atomic mass is 9.97. The Labute approximate surface area is 161 Å². The van der Waals surface area contributed by atoms with Crippen molar-refractivity contribution in [3.8, 4) is 28.3 Å². The molecule has 0 fully saturated rings. The van der Waals surface area contributed by atoms with Crippen LogP contribution in [0.25, 0.3) is 22.3 Å². The van der Waals surface area contributed by atoms with Crippen molar-refractivity contribution in [2.75, 3.05) is 6.26 Å². The molecule has 0 unspecified atom stereocenters. The number of carbonyl (C=O) groups is 1. The van der Waals surface area contributed by atoms with Gasteiger partial charge in [0.25, 0.3) is 5.91 Å². The van der Waals surface area contributed by atoms with Crippen LogP contribution in [0.1, 0.15) is 27.0 Å². The zero-order valence-electron chi connectivity index (χ0n) is 14.6. The van der Waals surface area contributed by atoms with E-state index in [1.807, 2.05) is 43.3 Å². The minimum atomic E-state index is -0.488. The smallest absolute Gasteiger partial charge is 0.259 e. The number of nitrogens with two attached hydrogens (primary N) is 1. The Balaban J connectivity index is 2.11. The van der Waals surface area contributed by atoms with Crippen LogP contribution in [-0.2, 0) is 6.42 Å². The molecule has 0 radical (unpaired) electrons. The molecule has 2 aromatic carbocycles. The van der Waals surface area contributed by atoms with E-state index < -0.39 is 5.91 Å². The number of rotatable bonds is 5. The van der Waals surface area contributed by atoms with Gasteiger partial charge in [-0.25, -0.2) is 0 Å². The molecular formula is C21H18N2OS2. The van der Waals surface area contributed by atoms with Crippen molar-refractivity contribution in [3.05, 3.63) is 63.8 Å². The lowest BCUT2D eigenvalue weighted by Crippen LogP contribution is -2.10. The van der Waals surface area contributed by atoms with E-state index in [0.29, 0.717) is 22.4 Å². The number of aryl methyl sites for hydroxylation is 1. The molecule has 0 spiro atoms. The molecule has 1 heterocycles. The van der Waals surface area contributed by atoms with Crippen LogP contribution >= 0.6 is 23.1 Å². The van der Waals surface area contributed by atoms with Crippen LogP contribution in [0.4, 0.5) is 0 Å². The van der Waals surface area contributed by atoms with Gasteiger partial charge in [-0.15, -0.1) is 23.1 Å². The van der Waals surface area contributed by atoms with Crippen molar-refractivity contribution in [2.24, 2.45) is 5.73 Å². The average Bonchev–Trinajstić information content (AvgIpc) is 3.07. The summed E-state index contributed by atoms with van der Waals surface area (Å²) in [4.78, 5) is 14.4. The van der Waals surface area contributed by atoms with E-state index in [2.05, 4.69) is 24.5 Å². The van der Waals surface area contributed by atoms with Gasteiger partial charge in [-0.2, -0.15) is 5.26 Å². The molecule has 26 heavy (non-hydrogen) atoms. The van der Waals surface area contributed by atoms with E-state index in [-0.39, 0.29) is 0 Å². The van der Waals surface area contributed by atoms with Crippen molar-refractivity contribution in [1.82, 2.24) is 0 Å². The third kappa shape index (κ3) is 3.26. The molecule has 0 aliphatic rings. The predicted molar refractivity (Wildman–Crippen MR) is 110 cm³/mol. The van der Waals surface area contributed by atoms with Gasteiger partial charge in [0.1, 0.15) is 10.9 Å². The van der Waals surface area contributed by atoms with E-state index in [4.69, 9.17) is 5.73 Å². The highest BCUT2D eigenvalue weighted by atomic mass is 32.2. The highest BCUT2D eigenvalue weighted by Gasteiger charge is 2.22. The molecule has 0 bridgehead atoms. The van der Waals surface area contributed by atoms with Crippen LogP contribution in [0.5, 0.6) is 0 Å². The van der Waals surface area contributed by atoms with Gasteiger partial charge in [0.15, 0.2) is 0 Å². The molecule has 0 atom stereocenters. The largest absolute Gasteiger partial charge is 0.365 e. The van der Waals surface area contributed by atoms with Crippen molar-refractivity contribution in [3.63, 3.8) is 0 Å². The summed E-state index contributed by atoms with van der Waals surface area (Å²) in [6, 6.07) is 18.5. The normalized spacial score (nSPS) is 10.5. The highest BCUT2D eigenvalue weighted by molar-refractivity contribution is 7.98. The quantitative estimate of drug-likeness (QED) is 0.610. The minimum Gasteiger partial charge on any atom is -0.365 e. The summed E-state index contributed by atoms with van der Waals surface area (Å²) in [6.45, 7) is 1.98. The first-order valence-electron chi connectivity index (χ1n) is 8.20. The van der Waals surface area contributed by atoms with Gasteiger partial charge in [0.2, 0.25) is 0 Å². The summed E-state index contributed by atoms with van der Waals surface area (Å²) in [6.07, 6.45) is 2.76. The molecule has 3 aromatic rings. The minimum absolute atomic E-state index is 0.454. The van der Waals surface area contributed by atoms with Crippen molar-refractivity contribution >= 4 is 29.0 Å². The van der Waals surface area contributed by atoms with Crippen LogP contribution in [0.15, 0.2) is 53.4 Å². The molecule has 0 saturated carbocycles. The number of nitrogens with zero attached hydrogens (tertiary/aromatic N) is 1. The Kier molecular flexibility index (Phi) is 5.46. The molecule has 1 aromatic heterocycles. The molecule has 0 aliphatic carbocycles. The van der Waals surface area contributed by atoms with Crippen LogP contribution in [0.2, 0.25) is 0 Å². The monoisotopic (exact) mass is 378 g/mol. The molecule has 1 amide bonds. The molecule has 3 nitrogen and oxygen atoms in total. The number of carbonyl (C=O) groups excluding carboxylic acids is 1. The summed E-state index contributed by atoms with van der Waals surface area (Å²) in [5.41, 5.74) is 9.89. The Morgan fingerprint density at radius 2 is 1.81 bits per heavy atom. The van der Waals surface area contributed by atoms with E-state index in [9.17, 15) is 10.1 Å². The fourth-order valence-corrected chi connectivity index (χ4v) is 4.68. The first-order valence-corrected chi connectivity index (χ1v) is 10.2. The molecule has 0 aliphatic heterocycles. The maximum Gasteiger partial charge on any atom is 0.259 e. The fraction of sp³-hybridized carbons (Fsp3) is 0.143. The van der Waals surface area contributed by atoms with Crippen LogP contribution in [0, 0.1) is 11.3 Å². The number of benzene rings is 2. The second-order valence-corrected chi connectivity index (χ2v) is 7.66. The summed E-state index contributed by atoms with van der Waals surface area (Å²) >= 11 is 3.03. The van der Waals surface area contributed by atoms with Crippen LogP contribution in [0.3, 0.4) is 0 Å². The fourth-order valence-electron chi connectivity index (χ4n) is 2.99. The van der Waals surface area contributed by atoms with E-state index in [1.165, 1.54) is 21.8 Å². The third-order valence-corrected chi connectivity index (χ3v) is 6.37. The van der Waals surface area contributed by atoms with Gasteiger partial charge >= 0.3 is 0 Å². The molecule has 3 rings (SSSR count). The summed E-state index contributed by atoms with van der Waals surface area (Å²) in [5.74, 6) is -0.488. The number of hydrogen-bond donors (Lipinski definition) is 1. The average molecular weight is 379 g/mol. The third-order valence-electron chi connectivity index (χ3n) is 4.23. The van der Waals surface area contributed by atoms with E-state index >= 15 is 0 Å².